The number of nitrogens with zero attached hydrogens (tertiary/aromatic N) is 3. The molecule has 7 heteroatoms. The first-order valence-electron chi connectivity index (χ1n) is 8.68. The number of ether oxygens (including phenoxy) is 2. The number of hydrogen-bond donors (Lipinski definition) is 1. The second-order valence-corrected chi connectivity index (χ2v) is 6.24. The van der Waals surface area contributed by atoms with Gasteiger partial charge in [-0.25, -0.2) is 0 Å². The molecular weight excluding hydrogens is 344 g/mol. The number of nitrogens with one attached hydrogen (secondary N) is 1. The van der Waals surface area contributed by atoms with Crippen molar-refractivity contribution < 1.29 is 14.3 Å². The molecule has 3 heterocycles. The molecule has 1 amide bonds. The van der Waals surface area contributed by atoms with E-state index in [9.17, 15) is 4.79 Å². The number of carbonyl (C=O) groups excluding carboxylic acids is 1. The molecule has 27 heavy (non-hydrogen) atoms. The second-order valence-electron chi connectivity index (χ2n) is 6.24. The summed E-state index contributed by atoms with van der Waals surface area (Å²) in [6.07, 6.45) is 1.73. The molecule has 1 N–H and O–H groups in total. The van der Waals surface area contributed by atoms with Gasteiger partial charge in [-0.05, 0) is 24.3 Å². The minimum absolute atomic E-state index is 0.0978. The first-order chi connectivity index (χ1) is 13.2. The average molecular weight is 364 g/mol. The van der Waals surface area contributed by atoms with Crippen LogP contribution in [-0.4, -0.2) is 53.4 Å². The third kappa shape index (κ3) is 2.96. The Kier molecular flexibility index (Phi) is 4.60. The molecule has 0 radical (unpaired) electrons. The van der Waals surface area contributed by atoms with Crippen molar-refractivity contribution in [3.63, 3.8) is 0 Å². The summed E-state index contributed by atoms with van der Waals surface area (Å²) in [4.78, 5) is 19.3. The lowest BCUT2D eigenvalue weighted by Crippen LogP contribution is -2.32. The highest BCUT2D eigenvalue weighted by Gasteiger charge is 2.42. The van der Waals surface area contributed by atoms with E-state index in [4.69, 9.17) is 9.47 Å². The Balaban J connectivity index is 1.85. The molecule has 138 valence electrons. The molecule has 3 aromatic rings. The lowest BCUT2D eigenvalue weighted by Gasteiger charge is -2.25. The fourth-order valence-electron chi connectivity index (χ4n) is 3.45. The molecule has 0 spiro atoms. The number of carbonyl (C=O) groups is 1. The van der Waals surface area contributed by atoms with Crippen molar-refractivity contribution in [3.05, 3.63) is 65.6 Å². The molecule has 1 unspecified atom stereocenters. The number of hydrogen-bond acceptors (Lipinski definition) is 5. The Labute approximate surface area is 156 Å². The monoisotopic (exact) mass is 364 g/mol. The lowest BCUT2D eigenvalue weighted by atomic mass is 9.99. The van der Waals surface area contributed by atoms with Crippen molar-refractivity contribution in [3.8, 4) is 17.0 Å². The number of rotatable bonds is 6. The molecule has 7 nitrogen and oxygen atoms in total. The van der Waals surface area contributed by atoms with E-state index in [1.54, 1.807) is 25.3 Å². The van der Waals surface area contributed by atoms with Gasteiger partial charge >= 0.3 is 0 Å². The molecule has 0 fully saturated rings. The Hall–Kier alpha value is -3.19. The van der Waals surface area contributed by atoms with Crippen molar-refractivity contribution in [1.29, 1.82) is 0 Å². The van der Waals surface area contributed by atoms with Gasteiger partial charge in [0.15, 0.2) is 0 Å². The van der Waals surface area contributed by atoms with E-state index in [-0.39, 0.29) is 11.9 Å². The topological polar surface area (TPSA) is 80.3 Å². The van der Waals surface area contributed by atoms with Gasteiger partial charge in [-0.15, -0.1) is 0 Å². The fraction of sp³-hybridized carbons (Fsp3) is 0.250. The van der Waals surface area contributed by atoms with E-state index < -0.39 is 0 Å². The molecule has 0 bridgehead atoms. The van der Waals surface area contributed by atoms with Crippen LogP contribution in [0.1, 0.15) is 27.8 Å². The van der Waals surface area contributed by atoms with Gasteiger partial charge in [-0.2, -0.15) is 5.10 Å². The summed E-state index contributed by atoms with van der Waals surface area (Å²) < 4.78 is 10.5. The third-order valence-corrected chi connectivity index (χ3v) is 4.71. The summed E-state index contributed by atoms with van der Waals surface area (Å²) in [7, 11) is 3.25. The van der Waals surface area contributed by atoms with Gasteiger partial charge in [0.05, 0.1) is 25.1 Å². The summed E-state index contributed by atoms with van der Waals surface area (Å²) in [6.45, 7) is 0.915. The first-order valence-corrected chi connectivity index (χ1v) is 8.68. The summed E-state index contributed by atoms with van der Waals surface area (Å²) in [5.41, 5.74) is 3.75. The summed E-state index contributed by atoms with van der Waals surface area (Å²) in [6, 6.07) is 13.0. The van der Waals surface area contributed by atoms with Crippen LogP contribution in [0.2, 0.25) is 0 Å². The Bertz CT molecular complexity index is 955. The Morgan fingerprint density at radius 3 is 2.81 bits per heavy atom. The van der Waals surface area contributed by atoms with E-state index in [0.29, 0.717) is 18.8 Å². The maximum absolute atomic E-state index is 13.0. The Morgan fingerprint density at radius 2 is 2.07 bits per heavy atom. The number of aromatic nitrogens is 3. The van der Waals surface area contributed by atoms with E-state index in [1.807, 2.05) is 42.5 Å². The predicted octanol–water partition coefficient (Wildman–Crippen LogP) is 2.67. The van der Waals surface area contributed by atoms with Crippen molar-refractivity contribution in [1.82, 2.24) is 20.1 Å². The quantitative estimate of drug-likeness (QED) is 0.727. The smallest absolute Gasteiger partial charge is 0.273 e. The number of methoxy groups -OCH3 is 2. The average Bonchev–Trinajstić information content (AvgIpc) is 3.26. The normalized spacial score (nSPS) is 15.9. The summed E-state index contributed by atoms with van der Waals surface area (Å²) >= 11 is 0. The molecule has 0 saturated heterocycles. The zero-order valence-corrected chi connectivity index (χ0v) is 15.2. The van der Waals surface area contributed by atoms with Crippen LogP contribution in [0.15, 0.2) is 48.7 Å². The maximum Gasteiger partial charge on any atom is 0.273 e. The fourth-order valence-corrected chi connectivity index (χ4v) is 3.45. The Morgan fingerprint density at radius 1 is 1.19 bits per heavy atom. The van der Waals surface area contributed by atoms with Crippen LogP contribution < -0.4 is 4.74 Å². The lowest BCUT2D eigenvalue weighted by molar-refractivity contribution is 0.0674. The highest BCUT2D eigenvalue weighted by atomic mass is 16.5. The van der Waals surface area contributed by atoms with Crippen molar-refractivity contribution in [2.45, 2.75) is 6.04 Å². The van der Waals surface area contributed by atoms with E-state index in [1.165, 1.54) is 0 Å². The van der Waals surface area contributed by atoms with Gasteiger partial charge in [-0.3, -0.25) is 14.9 Å². The van der Waals surface area contributed by atoms with E-state index in [2.05, 4.69) is 15.2 Å². The van der Waals surface area contributed by atoms with Crippen LogP contribution in [0.3, 0.4) is 0 Å². The molecule has 1 aliphatic rings. The minimum atomic E-state index is -0.316. The molecule has 0 saturated carbocycles. The van der Waals surface area contributed by atoms with Crippen molar-refractivity contribution in [2.75, 3.05) is 27.4 Å². The van der Waals surface area contributed by atoms with Gasteiger partial charge in [0.1, 0.15) is 17.5 Å². The van der Waals surface area contributed by atoms with Crippen molar-refractivity contribution in [2.24, 2.45) is 0 Å². The third-order valence-electron chi connectivity index (χ3n) is 4.71. The van der Waals surface area contributed by atoms with Gasteiger partial charge < -0.3 is 14.4 Å². The maximum atomic E-state index is 13.0. The van der Waals surface area contributed by atoms with Crippen LogP contribution >= 0.6 is 0 Å². The molecule has 1 aliphatic heterocycles. The molecular formula is C20H20N4O3. The zero-order valence-electron chi connectivity index (χ0n) is 15.2. The largest absolute Gasteiger partial charge is 0.497 e. The molecule has 2 aromatic heterocycles. The molecule has 4 rings (SSSR count). The molecule has 1 atom stereocenters. The highest BCUT2D eigenvalue weighted by Crippen LogP contribution is 2.42. The van der Waals surface area contributed by atoms with Crippen LogP contribution in [0, 0.1) is 0 Å². The van der Waals surface area contributed by atoms with E-state index >= 15 is 0 Å². The zero-order chi connectivity index (χ0) is 18.8. The van der Waals surface area contributed by atoms with Crippen LogP contribution in [-0.2, 0) is 4.74 Å². The van der Waals surface area contributed by atoms with Gasteiger partial charge in [0.2, 0.25) is 0 Å². The van der Waals surface area contributed by atoms with Crippen LogP contribution in [0.5, 0.6) is 5.75 Å². The summed E-state index contributed by atoms with van der Waals surface area (Å²) in [5, 5.41) is 7.36. The van der Waals surface area contributed by atoms with Crippen LogP contribution in [0.4, 0.5) is 0 Å². The SMILES string of the molecule is COCCN1C(=O)c2[nH]nc(-c3cccc(OC)c3)c2C1c1ccccn1. The number of H-pyrrole nitrogens is 1. The van der Waals surface area contributed by atoms with Crippen LogP contribution in [0.25, 0.3) is 11.3 Å². The minimum Gasteiger partial charge on any atom is -0.497 e. The summed E-state index contributed by atoms with van der Waals surface area (Å²) in [5.74, 6) is 0.638. The second kappa shape index (κ2) is 7.20. The molecule has 1 aromatic carbocycles. The number of pyridine rings is 1. The first kappa shape index (κ1) is 17.2. The van der Waals surface area contributed by atoms with Gasteiger partial charge in [0, 0.05) is 31.0 Å². The van der Waals surface area contributed by atoms with Gasteiger partial charge in [0.25, 0.3) is 5.91 Å². The number of amides is 1. The number of benzene rings is 1. The number of fused-ring (bicyclic) bond motifs is 1. The highest BCUT2D eigenvalue weighted by molar-refractivity contribution is 6.00. The standard InChI is InChI=1S/C20H20N4O3/c1-26-11-10-24-19(15-8-3-4-9-21-15)16-17(22-23-18(16)20(24)25)13-6-5-7-14(12-13)27-2/h3-9,12,19H,10-11H2,1-2H3,(H,22,23). The molecule has 0 aliphatic carbocycles. The van der Waals surface area contributed by atoms with Crippen molar-refractivity contribution >= 4 is 5.91 Å². The predicted molar refractivity (Wildman–Crippen MR) is 99.6 cm³/mol. The van der Waals surface area contributed by atoms with E-state index in [0.717, 1.165) is 28.3 Å². The van der Waals surface area contributed by atoms with Gasteiger partial charge in [-0.1, -0.05) is 18.2 Å². The number of aromatic amines is 1.